The molecule has 1 aromatic heterocycles. The molecule has 1 heterocycles. The molecule has 0 fully saturated rings. The molecule has 0 spiro atoms. The molecule has 3 rings (SSSR count). The lowest BCUT2D eigenvalue weighted by Crippen LogP contribution is -2.01. The van der Waals surface area contributed by atoms with E-state index in [1.807, 2.05) is 30.3 Å². The minimum atomic E-state index is 0.745. The summed E-state index contributed by atoms with van der Waals surface area (Å²) >= 11 is 9.85. The van der Waals surface area contributed by atoms with Gasteiger partial charge in [0.25, 0.3) is 0 Å². The Morgan fingerprint density at radius 1 is 1.00 bits per heavy atom. The summed E-state index contributed by atoms with van der Waals surface area (Å²) in [5.41, 5.74) is 3.18. The molecule has 2 aromatic carbocycles. The second kappa shape index (κ2) is 6.63. The van der Waals surface area contributed by atoms with Crippen LogP contribution >= 0.6 is 27.5 Å². The Balaban J connectivity index is 2.12. The topological polar surface area (TPSA) is 17.8 Å². The minimum Gasteiger partial charge on any atom is -0.324 e. The molecule has 0 saturated carbocycles. The van der Waals surface area contributed by atoms with Gasteiger partial charge in [0.15, 0.2) is 0 Å². The van der Waals surface area contributed by atoms with Crippen LogP contribution in [0.2, 0.25) is 5.02 Å². The predicted molar refractivity (Wildman–Crippen MR) is 93.2 cm³/mol. The van der Waals surface area contributed by atoms with Crippen molar-refractivity contribution in [1.82, 2.24) is 9.55 Å². The zero-order valence-corrected chi connectivity index (χ0v) is 13.9. The largest absolute Gasteiger partial charge is 0.324 e. The molecule has 0 aliphatic heterocycles. The molecule has 0 aliphatic rings. The highest BCUT2D eigenvalue weighted by molar-refractivity contribution is 9.09. The lowest BCUT2D eigenvalue weighted by molar-refractivity contribution is 0.656. The standard InChI is InChI=1S/C17H16BrClN2/c18-11-5-6-12-21-16-10-4-3-9-15(16)20-17(21)13-7-1-2-8-14(13)19/h1-4,7-10H,5-6,11-12H2. The highest BCUT2D eigenvalue weighted by Crippen LogP contribution is 2.30. The third-order valence-corrected chi connectivity index (χ3v) is 4.42. The number of rotatable bonds is 5. The minimum absolute atomic E-state index is 0.745. The highest BCUT2D eigenvalue weighted by Gasteiger charge is 2.14. The van der Waals surface area contributed by atoms with E-state index < -0.39 is 0 Å². The molecule has 3 aromatic rings. The number of aryl methyl sites for hydroxylation is 1. The fourth-order valence-electron chi connectivity index (χ4n) is 2.51. The number of fused-ring (bicyclic) bond motifs is 1. The van der Waals surface area contributed by atoms with Crippen LogP contribution < -0.4 is 0 Å². The Labute approximate surface area is 137 Å². The first-order chi connectivity index (χ1) is 10.3. The number of unbranched alkanes of at least 4 members (excludes halogenated alkanes) is 1. The fourth-order valence-corrected chi connectivity index (χ4v) is 3.13. The Morgan fingerprint density at radius 2 is 1.76 bits per heavy atom. The quantitative estimate of drug-likeness (QED) is 0.430. The van der Waals surface area contributed by atoms with Gasteiger partial charge in [-0.15, -0.1) is 0 Å². The van der Waals surface area contributed by atoms with Crippen LogP contribution in [0.1, 0.15) is 12.8 Å². The molecule has 0 N–H and O–H groups in total. The van der Waals surface area contributed by atoms with E-state index in [0.717, 1.165) is 46.6 Å². The maximum atomic E-state index is 6.36. The molecule has 0 bridgehead atoms. The smallest absolute Gasteiger partial charge is 0.142 e. The van der Waals surface area contributed by atoms with E-state index in [4.69, 9.17) is 16.6 Å². The van der Waals surface area contributed by atoms with Crippen molar-refractivity contribution in [1.29, 1.82) is 0 Å². The number of hydrogen-bond donors (Lipinski definition) is 0. The van der Waals surface area contributed by atoms with Gasteiger partial charge in [-0.25, -0.2) is 4.98 Å². The van der Waals surface area contributed by atoms with E-state index in [1.54, 1.807) is 0 Å². The van der Waals surface area contributed by atoms with Crippen LogP contribution in [0.3, 0.4) is 0 Å². The molecule has 0 amide bonds. The van der Waals surface area contributed by atoms with Crippen molar-refractivity contribution in [2.45, 2.75) is 19.4 Å². The van der Waals surface area contributed by atoms with Gasteiger partial charge in [0, 0.05) is 17.4 Å². The van der Waals surface area contributed by atoms with Crippen molar-refractivity contribution >= 4 is 38.6 Å². The Bertz CT molecular complexity index is 751. The monoisotopic (exact) mass is 362 g/mol. The van der Waals surface area contributed by atoms with Gasteiger partial charge in [0.2, 0.25) is 0 Å². The van der Waals surface area contributed by atoms with Gasteiger partial charge in [-0.3, -0.25) is 0 Å². The third-order valence-electron chi connectivity index (χ3n) is 3.53. The molecular formula is C17H16BrClN2. The van der Waals surface area contributed by atoms with Crippen molar-refractivity contribution in [3.63, 3.8) is 0 Å². The van der Waals surface area contributed by atoms with E-state index in [0.29, 0.717) is 0 Å². The number of nitrogens with zero attached hydrogens (tertiary/aromatic N) is 2. The van der Waals surface area contributed by atoms with Gasteiger partial charge in [-0.1, -0.05) is 51.8 Å². The zero-order chi connectivity index (χ0) is 14.7. The number of aromatic nitrogens is 2. The summed E-state index contributed by atoms with van der Waals surface area (Å²) in [7, 11) is 0. The first-order valence-corrected chi connectivity index (χ1v) is 8.57. The number of imidazole rings is 1. The summed E-state index contributed by atoms with van der Waals surface area (Å²) in [5.74, 6) is 0.955. The summed E-state index contributed by atoms with van der Waals surface area (Å²) in [6.07, 6.45) is 2.26. The van der Waals surface area contributed by atoms with Crippen molar-refractivity contribution in [3.8, 4) is 11.4 Å². The van der Waals surface area contributed by atoms with E-state index >= 15 is 0 Å². The summed E-state index contributed by atoms with van der Waals surface area (Å²) < 4.78 is 2.28. The summed E-state index contributed by atoms with van der Waals surface area (Å²) in [6, 6.07) is 16.2. The zero-order valence-electron chi connectivity index (χ0n) is 11.6. The fraction of sp³-hybridized carbons (Fsp3) is 0.235. The van der Waals surface area contributed by atoms with Gasteiger partial charge in [0.05, 0.1) is 16.1 Å². The molecule has 4 heteroatoms. The number of hydrogen-bond acceptors (Lipinski definition) is 1. The second-order valence-electron chi connectivity index (χ2n) is 4.95. The number of halogens is 2. The third kappa shape index (κ3) is 2.99. The molecule has 108 valence electrons. The lowest BCUT2D eigenvalue weighted by Gasteiger charge is -2.10. The van der Waals surface area contributed by atoms with Crippen LogP contribution in [0.5, 0.6) is 0 Å². The number of benzene rings is 2. The molecule has 21 heavy (non-hydrogen) atoms. The summed E-state index contributed by atoms with van der Waals surface area (Å²) in [5, 5.41) is 1.77. The summed E-state index contributed by atoms with van der Waals surface area (Å²) in [6.45, 7) is 0.951. The van der Waals surface area contributed by atoms with E-state index in [2.05, 4.69) is 38.7 Å². The van der Waals surface area contributed by atoms with Crippen LogP contribution in [0.25, 0.3) is 22.4 Å². The molecule has 0 aliphatic carbocycles. The van der Waals surface area contributed by atoms with Gasteiger partial charge < -0.3 is 4.57 Å². The first kappa shape index (κ1) is 14.6. The Kier molecular flexibility index (Phi) is 4.61. The van der Waals surface area contributed by atoms with Gasteiger partial charge in [-0.2, -0.15) is 0 Å². The average molecular weight is 364 g/mol. The first-order valence-electron chi connectivity index (χ1n) is 7.07. The van der Waals surface area contributed by atoms with E-state index in [-0.39, 0.29) is 0 Å². The number of alkyl halides is 1. The van der Waals surface area contributed by atoms with Crippen molar-refractivity contribution in [2.75, 3.05) is 5.33 Å². The highest BCUT2D eigenvalue weighted by atomic mass is 79.9. The van der Waals surface area contributed by atoms with Crippen LogP contribution in [-0.4, -0.2) is 14.9 Å². The Hall–Kier alpha value is -1.32. The average Bonchev–Trinajstić information content (AvgIpc) is 2.87. The van der Waals surface area contributed by atoms with Crippen molar-refractivity contribution in [3.05, 3.63) is 53.6 Å². The molecule has 0 radical (unpaired) electrons. The Morgan fingerprint density at radius 3 is 2.57 bits per heavy atom. The molecule has 0 atom stereocenters. The molecule has 2 nitrogen and oxygen atoms in total. The van der Waals surface area contributed by atoms with Gasteiger partial charge in [-0.05, 0) is 37.1 Å². The van der Waals surface area contributed by atoms with E-state index in [1.165, 1.54) is 5.52 Å². The van der Waals surface area contributed by atoms with Crippen LogP contribution in [0, 0.1) is 0 Å². The normalized spacial score (nSPS) is 11.1. The van der Waals surface area contributed by atoms with Crippen LogP contribution in [0.4, 0.5) is 0 Å². The maximum absolute atomic E-state index is 6.36. The SMILES string of the molecule is Clc1ccccc1-c1nc2ccccc2n1CCCCBr. The molecular weight excluding hydrogens is 348 g/mol. The van der Waals surface area contributed by atoms with Gasteiger partial charge >= 0.3 is 0 Å². The second-order valence-corrected chi connectivity index (χ2v) is 6.15. The molecule has 0 unspecified atom stereocenters. The molecule has 0 saturated heterocycles. The van der Waals surface area contributed by atoms with Crippen molar-refractivity contribution in [2.24, 2.45) is 0 Å². The lowest BCUT2D eigenvalue weighted by atomic mass is 10.2. The van der Waals surface area contributed by atoms with E-state index in [9.17, 15) is 0 Å². The maximum Gasteiger partial charge on any atom is 0.142 e. The number of para-hydroxylation sites is 2. The van der Waals surface area contributed by atoms with Crippen LogP contribution in [-0.2, 0) is 6.54 Å². The van der Waals surface area contributed by atoms with Crippen molar-refractivity contribution < 1.29 is 0 Å². The van der Waals surface area contributed by atoms with Crippen LogP contribution in [0.15, 0.2) is 48.5 Å². The van der Waals surface area contributed by atoms with Gasteiger partial charge in [0.1, 0.15) is 5.82 Å². The summed E-state index contributed by atoms with van der Waals surface area (Å²) in [4.78, 5) is 4.79. The predicted octanol–water partition coefficient (Wildman–Crippen LogP) is 5.53.